The van der Waals surface area contributed by atoms with Crippen LogP contribution in [0.1, 0.15) is 27.2 Å². The van der Waals surface area contributed by atoms with E-state index in [2.05, 4.69) is 21.2 Å². The highest BCUT2D eigenvalue weighted by atomic mass is 79.9. The number of nitrogens with one attached hydrogen (secondary N) is 1. The van der Waals surface area contributed by atoms with Crippen molar-refractivity contribution in [1.82, 2.24) is 4.90 Å². The SMILES string of the molecule is CC(C)(C)N(CCC(=O)O)C(=O)Nc1cccc(Cl)c1Br. The molecule has 1 aromatic carbocycles. The number of hydrogen-bond acceptors (Lipinski definition) is 2. The zero-order chi connectivity index (χ0) is 16.2. The molecule has 0 aromatic heterocycles. The van der Waals surface area contributed by atoms with Crippen molar-refractivity contribution in [3.63, 3.8) is 0 Å². The van der Waals surface area contributed by atoms with Crippen molar-refractivity contribution >= 4 is 45.2 Å². The number of carbonyl (C=O) groups is 2. The van der Waals surface area contributed by atoms with Crippen LogP contribution in [0.25, 0.3) is 0 Å². The molecule has 0 aliphatic rings. The Morgan fingerprint density at radius 1 is 1.38 bits per heavy atom. The van der Waals surface area contributed by atoms with E-state index < -0.39 is 11.5 Å². The number of carboxylic acid groups (broad SMARTS) is 1. The number of nitrogens with zero attached hydrogens (tertiary/aromatic N) is 1. The third-order valence-corrected chi connectivity index (χ3v) is 4.19. The summed E-state index contributed by atoms with van der Waals surface area (Å²) in [6, 6.07) is 4.77. The Morgan fingerprint density at radius 3 is 2.52 bits per heavy atom. The lowest BCUT2D eigenvalue weighted by atomic mass is 10.1. The van der Waals surface area contributed by atoms with Gasteiger partial charge in [-0.2, -0.15) is 0 Å². The van der Waals surface area contributed by atoms with E-state index >= 15 is 0 Å². The van der Waals surface area contributed by atoms with Crippen LogP contribution in [0, 0.1) is 0 Å². The molecule has 1 aromatic rings. The Hall–Kier alpha value is -1.27. The van der Waals surface area contributed by atoms with Crippen molar-refractivity contribution in [3.05, 3.63) is 27.7 Å². The van der Waals surface area contributed by atoms with E-state index in [0.29, 0.717) is 15.2 Å². The van der Waals surface area contributed by atoms with E-state index in [1.54, 1.807) is 18.2 Å². The Labute approximate surface area is 137 Å². The third-order valence-electron chi connectivity index (χ3n) is 2.80. The van der Waals surface area contributed by atoms with Crippen LogP contribution in [0.5, 0.6) is 0 Å². The summed E-state index contributed by atoms with van der Waals surface area (Å²) in [5, 5.41) is 12.0. The van der Waals surface area contributed by atoms with Crippen LogP contribution in [0.2, 0.25) is 5.02 Å². The molecule has 2 amide bonds. The topological polar surface area (TPSA) is 69.6 Å². The Bertz CT molecular complexity index is 544. The number of halogens is 2. The molecule has 7 heteroatoms. The lowest BCUT2D eigenvalue weighted by Gasteiger charge is -2.35. The average molecular weight is 378 g/mol. The van der Waals surface area contributed by atoms with Gasteiger partial charge in [-0.3, -0.25) is 4.79 Å². The minimum atomic E-state index is -0.944. The van der Waals surface area contributed by atoms with Gasteiger partial charge in [-0.05, 0) is 48.8 Å². The van der Waals surface area contributed by atoms with Crippen LogP contribution >= 0.6 is 27.5 Å². The number of hydrogen-bond donors (Lipinski definition) is 2. The summed E-state index contributed by atoms with van der Waals surface area (Å²) in [7, 11) is 0. The Balaban J connectivity index is 2.91. The number of carbonyl (C=O) groups excluding carboxylic acids is 1. The fourth-order valence-electron chi connectivity index (χ4n) is 1.73. The second kappa shape index (κ2) is 7.13. The molecule has 1 rings (SSSR count). The zero-order valence-electron chi connectivity index (χ0n) is 12.1. The zero-order valence-corrected chi connectivity index (χ0v) is 14.5. The van der Waals surface area contributed by atoms with Gasteiger partial charge in [-0.25, -0.2) is 4.79 Å². The number of benzene rings is 1. The van der Waals surface area contributed by atoms with Crippen molar-refractivity contribution in [2.24, 2.45) is 0 Å². The molecule has 0 atom stereocenters. The molecular weight excluding hydrogens is 360 g/mol. The first-order valence-corrected chi connectivity index (χ1v) is 7.54. The summed E-state index contributed by atoms with van der Waals surface area (Å²) < 4.78 is 0.590. The van der Waals surface area contributed by atoms with Gasteiger partial charge in [0.2, 0.25) is 0 Å². The van der Waals surface area contributed by atoms with Crippen LogP contribution < -0.4 is 5.32 Å². The van der Waals surface area contributed by atoms with Crippen molar-refractivity contribution in [2.45, 2.75) is 32.7 Å². The summed E-state index contributed by atoms with van der Waals surface area (Å²) >= 11 is 9.29. The first-order chi connectivity index (χ1) is 9.62. The molecule has 116 valence electrons. The maximum Gasteiger partial charge on any atom is 0.322 e. The Morgan fingerprint density at radius 2 is 2.00 bits per heavy atom. The number of aliphatic carboxylic acids is 1. The second-order valence-corrected chi connectivity index (χ2v) is 6.70. The normalized spacial score (nSPS) is 11.1. The molecule has 0 radical (unpaired) electrons. The van der Waals surface area contributed by atoms with Crippen LogP contribution in [0.3, 0.4) is 0 Å². The van der Waals surface area contributed by atoms with Crippen LogP contribution in [0.4, 0.5) is 10.5 Å². The standard InChI is InChI=1S/C14H18BrClN2O3/c1-14(2,3)18(8-7-11(19)20)13(21)17-10-6-4-5-9(16)12(10)15/h4-6H,7-8H2,1-3H3,(H,17,21)(H,19,20). The molecular formula is C14H18BrClN2O3. The molecule has 0 aliphatic heterocycles. The lowest BCUT2D eigenvalue weighted by molar-refractivity contribution is -0.137. The molecule has 21 heavy (non-hydrogen) atoms. The molecule has 0 bridgehead atoms. The minimum absolute atomic E-state index is 0.110. The predicted octanol–water partition coefficient (Wildman–Crippen LogP) is 4.21. The average Bonchev–Trinajstić information content (AvgIpc) is 2.33. The molecule has 0 saturated carbocycles. The van der Waals surface area contributed by atoms with Crippen LogP contribution in [0.15, 0.2) is 22.7 Å². The molecule has 0 unspecified atom stereocenters. The monoisotopic (exact) mass is 376 g/mol. The summed E-state index contributed by atoms with van der Waals surface area (Å²) in [6.07, 6.45) is -0.110. The van der Waals surface area contributed by atoms with Gasteiger partial charge in [0.05, 0.1) is 21.6 Å². The number of amides is 2. The smallest absolute Gasteiger partial charge is 0.322 e. The second-order valence-electron chi connectivity index (χ2n) is 5.50. The molecule has 0 fully saturated rings. The molecule has 5 nitrogen and oxygen atoms in total. The van der Waals surface area contributed by atoms with Gasteiger partial charge in [0.15, 0.2) is 0 Å². The minimum Gasteiger partial charge on any atom is -0.481 e. The van der Waals surface area contributed by atoms with E-state index in [0.717, 1.165) is 0 Å². The van der Waals surface area contributed by atoms with Gasteiger partial charge in [-0.1, -0.05) is 17.7 Å². The van der Waals surface area contributed by atoms with E-state index in [4.69, 9.17) is 16.7 Å². The number of rotatable bonds is 4. The maximum absolute atomic E-state index is 12.4. The largest absolute Gasteiger partial charge is 0.481 e. The highest BCUT2D eigenvalue weighted by molar-refractivity contribution is 9.10. The van der Waals surface area contributed by atoms with E-state index in [1.807, 2.05) is 20.8 Å². The van der Waals surface area contributed by atoms with Crippen molar-refractivity contribution in [3.8, 4) is 0 Å². The van der Waals surface area contributed by atoms with E-state index in [-0.39, 0.29) is 19.0 Å². The van der Waals surface area contributed by atoms with Gasteiger partial charge in [-0.15, -0.1) is 0 Å². The van der Waals surface area contributed by atoms with Crippen LogP contribution in [-0.2, 0) is 4.79 Å². The first kappa shape index (κ1) is 17.8. The van der Waals surface area contributed by atoms with Crippen LogP contribution in [-0.4, -0.2) is 34.1 Å². The van der Waals surface area contributed by atoms with Crippen molar-refractivity contribution in [2.75, 3.05) is 11.9 Å². The van der Waals surface area contributed by atoms with Gasteiger partial charge >= 0.3 is 12.0 Å². The molecule has 0 aliphatic carbocycles. The van der Waals surface area contributed by atoms with Gasteiger partial charge < -0.3 is 15.3 Å². The van der Waals surface area contributed by atoms with Crippen molar-refractivity contribution in [1.29, 1.82) is 0 Å². The molecule has 0 saturated heterocycles. The summed E-state index contributed by atoms with van der Waals surface area (Å²) in [5.74, 6) is -0.944. The number of urea groups is 1. The molecule has 2 N–H and O–H groups in total. The first-order valence-electron chi connectivity index (χ1n) is 6.37. The predicted molar refractivity (Wildman–Crippen MR) is 86.9 cm³/mol. The summed E-state index contributed by atoms with van der Waals surface area (Å²) in [4.78, 5) is 24.6. The van der Waals surface area contributed by atoms with E-state index in [9.17, 15) is 9.59 Å². The number of anilines is 1. The van der Waals surface area contributed by atoms with Gasteiger partial charge in [0.1, 0.15) is 0 Å². The highest BCUT2D eigenvalue weighted by Crippen LogP contribution is 2.30. The molecule has 0 heterocycles. The third kappa shape index (κ3) is 5.21. The lowest BCUT2D eigenvalue weighted by Crippen LogP contribution is -2.48. The number of carboxylic acids is 1. The fourth-order valence-corrected chi connectivity index (χ4v) is 2.27. The Kier molecular flexibility index (Phi) is 6.04. The van der Waals surface area contributed by atoms with E-state index in [1.165, 1.54) is 4.90 Å². The summed E-state index contributed by atoms with van der Waals surface area (Å²) in [5.41, 5.74) is 0.0435. The van der Waals surface area contributed by atoms with Gasteiger partial charge in [0, 0.05) is 12.1 Å². The van der Waals surface area contributed by atoms with Gasteiger partial charge in [0.25, 0.3) is 0 Å². The maximum atomic E-state index is 12.4. The summed E-state index contributed by atoms with van der Waals surface area (Å²) in [6.45, 7) is 5.67. The quantitative estimate of drug-likeness (QED) is 0.826. The molecule has 0 spiro atoms. The fraction of sp³-hybridized carbons (Fsp3) is 0.429. The van der Waals surface area contributed by atoms with Crippen molar-refractivity contribution < 1.29 is 14.7 Å². The highest BCUT2D eigenvalue weighted by Gasteiger charge is 2.27.